The van der Waals surface area contributed by atoms with Crippen molar-refractivity contribution in [3.63, 3.8) is 0 Å². The highest BCUT2D eigenvalue weighted by molar-refractivity contribution is 4.90. The molecule has 1 unspecified atom stereocenters. The van der Waals surface area contributed by atoms with E-state index in [1.165, 1.54) is 0 Å². The summed E-state index contributed by atoms with van der Waals surface area (Å²) in [6.45, 7) is 6.24. The molecule has 2 saturated heterocycles. The minimum absolute atomic E-state index is 0.198. The van der Waals surface area contributed by atoms with Crippen LogP contribution in [0.4, 0.5) is 0 Å². The maximum Gasteiger partial charge on any atom is 0.186 e. The Hall–Kier alpha value is -0.280. The summed E-state index contributed by atoms with van der Waals surface area (Å²) >= 11 is 0. The molecule has 22 heavy (non-hydrogen) atoms. The van der Waals surface area contributed by atoms with Gasteiger partial charge in [-0.15, -0.1) is 0 Å². The number of aliphatic hydroxyl groups is 3. The minimum Gasteiger partial charge on any atom is -0.388 e. The highest BCUT2D eigenvalue weighted by Crippen LogP contribution is 2.22. The number of hydrogen-bond donors (Lipinski definition) is 4. The Balaban J connectivity index is 1.80. The normalized spacial score (nSPS) is 39.5. The van der Waals surface area contributed by atoms with E-state index in [0.717, 1.165) is 19.4 Å². The maximum atomic E-state index is 10.0. The van der Waals surface area contributed by atoms with Crippen LogP contribution in [0, 0.1) is 5.92 Å². The van der Waals surface area contributed by atoms with E-state index in [2.05, 4.69) is 5.32 Å². The van der Waals surface area contributed by atoms with Gasteiger partial charge in [-0.1, -0.05) is 13.8 Å². The van der Waals surface area contributed by atoms with E-state index in [4.69, 9.17) is 14.2 Å². The fourth-order valence-electron chi connectivity index (χ4n) is 2.70. The lowest BCUT2D eigenvalue weighted by Crippen LogP contribution is -2.60. The SMILES string of the molecule is CC(C)CO[C@H]1O[C@H](CNCC2CCCO2)[C@@H](O)[C@H](O)[C@H]1O. The smallest absolute Gasteiger partial charge is 0.186 e. The second-order valence-electron chi connectivity index (χ2n) is 6.54. The Morgan fingerprint density at radius 3 is 2.55 bits per heavy atom. The molecule has 0 spiro atoms. The second-order valence-corrected chi connectivity index (χ2v) is 6.54. The summed E-state index contributed by atoms with van der Waals surface area (Å²) in [5.74, 6) is 0.288. The minimum atomic E-state index is -1.28. The van der Waals surface area contributed by atoms with Gasteiger partial charge < -0.3 is 34.8 Å². The van der Waals surface area contributed by atoms with Crippen LogP contribution < -0.4 is 5.32 Å². The van der Waals surface area contributed by atoms with Crippen LogP contribution in [0.2, 0.25) is 0 Å². The molecule has 2 aliphatic heterocycles. The first-order chi connectivity index (χ1) is 10.5. The predicted octanol–water partition coefficient (Wildman–Crippen LogP) is -0.765. The van der Waals surface area contributed by atoms with Crippen LogP contribution in [0.25, 0.3) is 0 Å². The van der Waals surface area contributed by atoms with Gasteiger partial charge in [-0.2, -0.15) is 0 Å². The zero-order valence-corrected chi connectivity index (χ0v) is 13.4. The van der Waals surface area contributed by atoms with Crippen molar-refractivity contribution in [2.75, 3.05) is 26.3 Å². The van der Waals surface area contributed by atoms with Crippen LogP contribution in [0.5, 0.6) is 0 Å². The lowest BCUT2D eigenvalue weighted by molar-refractivity contribution is -0.297. The molecule has 0 radical (unpaired) electrons. The van der Waals surface area contributed by atoms with E-state index in [1.54, 1.807) is 0 Å². The molecule has 6 atom stereocenters. The molecular weight excluding hydrogens is 290 g/mol. The molecule has 7 nitrogen and oxygen atoms in total. The Kier molecular flexibility index (Phi) is 7.01. The second kappa shape index (κ2) is 8.54. The molecule has 0 aromatic heterocycles. The lowest BCUT2D eigenvalue weighted by Gasteiger charge is -2.40. The van der Waals surface area contributed by atoms with E-state index in [0.29, 0.717) is 19.7 Å². The van der Waals surface area contributed by atoms with Gasteiger partial charge in [0.1, 0.15) is 24.4 Å². The average Bonchev–Trinajstić information content (AvgIpc) is 2.99. The fourth-order valence-corrected chi connectivity index (χ4v) is 2.70. The molecule has 2 heterocycles. The standard InChI is InChI=1S/C15H29NO6/c1-9(2)8-21-15-14(19)13(18)12(17)11(22-15)7-16-6-10-4-3-5-20-10/h9-19H,3-8H2,1-2H3/t10?,11-,12-,13+,14-,15+/m1/s1. The first kappa shape index (κ1) is 18.1. The van der Waals surface area contributed by atoms with Gasteiger partial charge in [0.2, 0.25) is 0 Å². The van der Waals surface area contributed by atoms with Crippen molar-refractivity contribution in [1.82, 2.24) is 5.32 Å². The first-order valence-corrected chi connectivity index (χ1v) is 8.12. The summed E-state index contributed by atoms with van der Waals surface area (Å²) in [5.41, 5.74) is 0. The van der Waals surface area contributed by atoms with Crippen molar-refractivity contribution >= 4 is 0 Å². The highest BCUT2D eigenvalue weighted by atomic mass is 16.7. The number of hydrogen-bond acceptors (Lipinski definition) is 7. The Morgan fingerprint density at radius 2 is 1.91 bits per heavy atom. The van der Waals surface area contributed by atoms with Crippen LogP contribution in [0.15, 0.2) is 0 Å². The van der Waals surface area contributed by atoms with Crippen LogP contribution >= 0.6 is 0 Å². The zero-order valence-electron chi connectivity index (χ0n) is 13.4. The lowest BCUT2D eigenvalue weighted by atomic mass is 9.98. The highest BCUT2D eigenvalue weighted by Gasteiger charge is 2.44. The van der Waals surface area contributed by atoms with Gasteiger partial charge in [0, 0.05) is 19.7 Å². The summed E-state index contributed by atoms with van der Waals surface area (Å²) in [6, 6.07) is 0. The molecule has 2 fully saturated rings. The van der Waals surface area contributed by atoms with Crippen LogP contribution in [-0.2, 0) is 14.2 Å². The van der Waals surface area contributed by atoms with E-state index < -0.39 is 30.7 Å². The number of rotatable bonds is 7. The molecule has 0 amide bonds. The van der Waals surface area contributed by atoms with Crippen LogP contribution in [-0.4, -0.2) is 78.4 Å². The van der Waals surface area contributed by atoms with Gasteiger partial charge in [-0.05, 0) is 18.8 Å². The molecule has 0 aromatic rings. The molecule has 0 bridgehead atoms. The number of ether oxygens (including phenoxy) is 3. The van der Waals surface area contributed by atoms with Gasteiger partial charge in [-0.3, -0.25) is 0 Å². The number of aliphatic hydroxyl groups excluding tert-OH is 3. The van der Waals surface area contributed by atoms with Gasteiger partial charge >= 0.3 is 0 Å². The third-order valence-electron chi connectivity index (χ3n) is 4.00. The average molecular weight is 319 g/mol. The van der Waals surface area contributed by atoms with Crippen LogP contribution in [0.1, 0.15) is 26.7 Å². The Bertz CT molecular complexity index is 323. The van der Waals surface area contributed by atoms with Crippen molar-refractivity contribution in [1.29, 1.82) is 0 Å². The fraction of sp³-hybridized carbons (Fsp3) is 1.00. The molecular formula is C15H29NO6. The van der Waals surface area contributed by atoms with Crippen molar-refractivity contribution in [2.45, 2.75) is 63.5 Å². The quantitative estimate of drug-likeness (QED) is 0.489. The molecule has 0 aromatic carbocycles. The summed E-state index contributed by atoms with van der Waals surface area (Å²) in [6.07, 6.45) is -2.92. The summed E-state index contributed by atoms with van der Waals surface area (Å²) in [5, 5.41) is 33.1. The molecule has 0 saturated carbocycles. The monoisotopic (exact) mass is 319 g/mol. The zero-order chi connectivity index (χ0) is 16.1. The molecule has 7 heteroatoms. The third kappa shape index (κ3) is 4.86. The van der Waals surface area contributed by atoms with Gasteiger partial charge in [-0.25, -0.2) is 0 Å². The van der Waals surface area contributed by atoms with Crippen molar-refractivity contribution in [3.05, 3.63) is 0 Å². The molecule has 4 N–H and O–H groups in total. The summed E-state index contributed by atoms with van der Waals surface area (Å²) in [7, 11) is 0. The maximum absolute atomic E-state index is 10.0. The third-order valence-corrected chi connectivity index (χ3v) is 4.00. The Labute approximate surface area is 131 Å². The Morgan fingerprint density at radius 1 is 1.14 bits per heavy atom. The van der Waals surface area contributed by atoms with Crippen molar-refractivity contribution in [3.8, 4) is 0 Å². The van der Waals surface area contributed by atoms with Crippen molar-refractivity contribution in [2.24, 2.45) is 5.92 Å². The van der Waals surface area contributed by atoms with Crippen LogP contribution in [0.3, 0.4) is 0 Å². The predicted molar refractivity (Wildman–Crippen MR) is 79.3 cm³/mol. The van der Waals surface area contributed by atoms with Crippen molar-refractivity contribution < 1.29 is 29.5 Å². The van der Waals surface area contributed by atoms with Gasteiger partial charge in [0.15, 0.2) is 6.29 Å². The largest absolute Gasteiger partial charge is 0.388 e. The van der Waals surface area contributed by atoms with Gasteiger partial charge in [0.25, 0.3) is 0 Å². The van der Waals surface area contributed by atoms with E-state index in [9.17, 15) is 15.3 Å². The molecule has 0 aliphatic carbocycles. The summed E-state index contributed by atoms with van der Waals surface area (Å²) in [4.78, 5) is 0. The topological polar surface area (TPSA) is 100 Å². The van der Waals surface area contributed by atoms with E-state index in [1.807, 2.05) is 13.8 Å². The molecule has 2 aliphatic rings. The van der Waals surface area contributed by atoms with E-state index in [-0.39, 0.29) is 12.0 Å². The molecule has 130 valence electrons. The number of nitrogens with one attached hydrogen (secondary N) is 1. The van der Waals surface area contributed by atoms with Gasteiger partial charge in [0.05, 0.1) is 12.7 Å². The van der Waals surface area contributed by atoms with E-state index >= 15 is 0 Å². The molecule has 2 rings (SSSR count). The first-order valence-electron chi connectivity index (χ1n) is 8.12. The summed E-state index contributed by atoms with van der Waals surface area (Å²) < 4.78 is 16.6.